The summed E-state index contributed by atoms with van der Waals surface area (Å²) < 4.78 is 15.5. The summed E-state index contributed by atoms with van der Waals surface area (Å²) >= 11 is 0. The van der Waals surface area contributed by atoms with E-state index in [0.717, 1.165) is 40.8 Å². The molecule has 0 amide bonds. The molecule has 2 aromatic rings. The van der Waals surface area contributed by atoms with Gasteiger partial charge in [-0.3, -0.25) is 9.58 Å². The summed E-state index contributed by atoms with van der Waals surface area (Å²) in [7, 11) is 0. The number of fused-ring (bicyclic) bond motifs is 1. The molecule has 2 heterocycles. The standard InChI is InChI=1S/C18H26FN3O/c1-12(2)8-22-18-13(3)14(11-23)4-5-16(18)17(20-22)10-21-7-6-15(19)9-21/h4-5,12,15,23H,6-11H2,1-3H3/t15-/m0/s1. The van der Waals surface area contributed by atoms with Crippen molar-refractivity contribution in [3.63, 3.8) is 0 Å². The summed E-state index contributed by atoms with van der Waals surface area (Å²) in [6.45, 7) is 9.28. The molecule has 0 radical (unpaired) electrons. The quantitative estimate of drug-likeness (QED) is 0.921. The van der Waals surface area contributed by atoms with Crippen LogP contribution < -0.4 is 0 Å². The number of aliphatic hydroxyl groups is 1. The first kappa shape index (κ1) is 16.4. The maximum absolute atomic E-state index is 13.4. The van der Waals surface area contributed by atoms with E-state index in [1.807, 2.05) is 13.0 Å². The fourth-order valence-electron chi connectivity index (χ4n) is 3.46. The Kier molecular flexibility index (Phi) is 4.69. The number of aliphatic hydroxyl groups excluding tert-OH is 1. The Morgan fingerprint density at radius 2 is 2.17 bits per heavy atom. The number of aromatic nitrogens is 2. The zero-order chi connectivity index (χ0) is 16.6. The molecule has 0 spiro atoms. The van der Waals surface area contributed by atoms with Gasteiger partial charge in [0.05, 0.1) is 17.8 Å². The minimum atomic E-state index is -0.707. The molecule has 4 nitrogen and oxygen atoms in total. The van der Waals surface area contributed by atoms with E-state index >= 15 is 0 Å². The Morgan fingerprint density at radius 1 is 1.39 bits per heavy atom. The van der Waals surface area contributed by atoms with Gasteiger partial charge in [0, 0.05) is 31.6 Å². The van der Waals surface area contributed by atoms with E-state index in [-0.39, 0.29) is 6.61 Å². The lowest BCUT2D eigenvalue weighted by molar-refractivity contribution is 0.279. The Hall–Kier alpha value is -1.46. The Balaban J connectivity index is 2.02. The first-order valence-corrected chi connectivity index (χ1v) is 8.44. The second-order valence-corrected chi connectivity index (χ2v) is 7.05. The fraction of sp³-hybridized carbons (Fsp3) is 0.611. The van der Waals surface area contributed by atoms with E-state index in [4.69, 9.17) is 5.10 Å². The van der Waals surface area contributed by atoms with Crippen molar-refractivity contribution < 1.29 is 9.50 Å². The van der Waals surface area contributed by atoms with Gasteiger partial charge in [-0.2, -0.15) is 5.10 Å². The number of likely N-dealkylation sites (tertiary alicyclic amines) is 1. The van der Waals surface area contributed by atoms with Gasteiger partial charge >= 0.3 is 0 Å². The number of rotatable bonds is 5. The third kappa shape index (κ3) is 3.26. The van der Waals surface area contributed by atoms with Crippen molar-refractivity contribution in [2.24, 2.45) is 5.92 Å². The third-order valence-corrected chi connectivity index (χ3v) is 4.65. The van der Waals surface area contributed by atoms with E-state index in [2.05, 4.69) is 29.5 Å². The largest absolute Gasteiger partial charge is 0.392 e. The second kappa shape index (κ2) is 6.57. The van der Waals surface area contributed by atoms with Crippen LogP contribution in [0.1, 0.15) is 37.1 Å². The molecule has 0 unspecified atom stereocenters. The summed E-state index contributed by atoms with van der Waals surface area (Å²) in [4.78, 5) is 2.14. The first-order chi connectivity index (χ1) is 11.0. The van der Waals surface area contributed by atoms with Gasteiger partial charge in [0.25, 0.3) is 0 Å². The number of hydrogen-bond acceptors (Lipinski definition) is 3. The Bertz CT molecular complexity index is 695. The van der Waals surface area contributed by atoms with Crippen molar-refractivity contribution in [3.8, 4) is 0 Å². The monoisotopic (exact) mass is 319 g/mol. The maximum atomic E-state index is 13.4. The van der Waals surface area contributed by atoms with Crippen LogP contribution in [-0.2, 0) is 19.7 Å². The SMILES string of the molecule is Cc1c(CO)ccc2c(CN3CC[C@H](F)C3)nn(CC(C)C)c12. The first-order valence-electron chi connectivity index (χ1n) is 8.44. The smallest absolute Gasteiger partial charge is 0.114 e. The van der Waals surface area contributed by atoms with Gasteiger partial charge in [-0.25, -0.2) is 4.39 Å². The van der Waals surface area contributed by atoms with Crippen LogP contribution in [0.4, 0.5) is 4.39 Å². The molecule has 3 rings (SSSR count). The van der Waals surface area contributed by atoms with E-state index in [9.17, 15) is 9.50 Å². The molecule has 1 N–H and O–H groups in total. The summed E-state index contributed by atoms with van der Waals surface area (Å²) in [5.41, 5.74) is 4.16. The topological polar surface area (TPSA) is 41.3 Å². The summed E-state index contributed by atoms with van der Waals surface area (Å²) in [5, 5.41) is 15.5. The number of benzene rings is 1. The highest BCUT2D eigenvalue weighted by molar-refractivity contribution is 5.86. The molecule has 0 bridgehead atoms. The number of hydrogen-bond donors (Lipinski definition) is 1. The molecule has 1 aromatic heterocycles. The summed E-state index contributed by atoms with van der Waals surface area (Å²) in [6, 6.07) is 4.03. The predicted octanol–water partition coefficient (Wildman–Crippen LogP) is 3.04. The zero-order valence-corrected chi connectivity index (χ0v) is 14.2. The number of nitrogens with zero attached hydrogens (tertiary/aromatic N) is 3. The van der Waals surface area contributed by atoms with Crippen LogP contribution >= 0.6 is 0 Å². The van der Waals surface area contributed by atoms with E-state index in [1.165, 1.54) is 0 Å². The Morgan fingerprint density at radius 3 is 2.78 bits per heavy atom. The van der Waals surface area contributed by atoms with Gasteiger partial charge in [-0.15, -0.1) is 0 Å². The van der Waals surface area contributed by atoms with Gasteiger partial charge in [-0.05, 0) is 30.4 Å². The molecule has 1 atom stereocenters. The predicted molar refractivity (Wildman–Crippen MR) is 90.0 cm³/mol. The van der Waals surface area contributed by atoms with Crippen LogP contribution in [0.3, 0.4) is 0 Å². The van der Waals surface area contributed by atoms with Crippen molar-refractivity contribution in [1.82, 2.24) is 14.7 Å². The third-order valence-electron chi connectivity index (χ3n) is 4.65. The van der Waals surface area contributed by atoms with Crippen LogP contribution in [0, 0.1) is 12.8 Å². The van der Waals surface area contributed by atoms with Crippen LogP contribution in [0.25, 0.3) is 10.9 Å². The molecule has 1 aliphatic heterocycles. The lowest BCUT2D eigenvalue weighted by atomic mass is 10.0. The molecule has 1 aromatic carbocycles. The highest BCUT2D eigenvalue weighted by Crippen LogP contribution is 2.27. The van der Waals surface area contributed by atoms with Gasteiger partial charge in [0.15, 0.2) is 0 Å². The molecule has 0 saturated carbocycles. The van der Waals surface area contributed by atoms with E-state index in [1.54, 1.807) is 0 Å². The van der Waals surface area contributed by atoms with Crippen molar-refractivity contribution in [3.05, 3.63) is 29.0 Å². The fourth-order valence-corrected chi connectivity index (χ4v) is 3.46. The molecule has 1 aliphatic rings. The molecular weight excluding hydrogens is 293 g/mol. The highest BCUT2D eigenvalue weighted by atomic mass is 19.1. The van der Waals surface area contributed by atoms with Crippen LogP contribution in [0.2, 0.25) is 0 Å². The second-order valence-electron chi connectivity index (χ2n) is 7.05. The van der Waals surface area contributed by atoms with Gasteiger partial charge in [-0.1, -0.05) is 26.0 Å². The molecule has 126 valence electrons. The average Bonchev–Trinajstić information content (AvgIpc) is 3.04. The van der Waals surface area contributed by atoms with Gasteiger partial charge < -0.3 is 5.11 Å². The van der Waals surface area contributed by atoms with Crippen LogP contribution in [0.5, 0.6) is 0 Å². The van der Waals surface area contributed by atoms with Gasteiger partial charge in [0.1, 0.15) is 6.17 Å². The van der Waals surface area contributed by atoms with Crippen molar-refractivity contribution >= 4 is 10.9 Å². The lowest BCUT2D eigenvalue weighted by Crippen LogP contribution is -2.21. The molecule has 1 saturated heterocycles. The average molecular weight is 319 g/mol. The number of aryl methyl sites for hydroxylation is 1. The normalized spacial score (nSPS) is 19.3. The summed E-state index contributed by atoms with van der Waals surface area (Å²) in [5.74, 6) is 0.491. The lowest BCUT2D eigenvalue weighted by Gasteiger charge is -2.12. The number of halogens is 1. The van der Waals surface area contributed by atoms with Crippen molar-refractivity contribution in [2.45, 2.75) is 53.1 Å². The minimum absolute atomic E-state index is 0.0413. The van der Waals surface area contributed by atoms with Crippen LogP contribution in [0.15, 0.2) is 12.1 Å². The Labute approximate surface area is 136 Å². The van der Waals surface area contributed by atoms with Gasteiger partial charge in [0.2, 0.25) is 0 Å². The molecule has 1 fully saturated rings. The highest BCUT2D eigenvalue weighted by Gasteiger charge is 2.24. The maximum Gasteiger partial charge on any atom is 0.114 e. The van der Waals surface area contributed by atoms with E-state index < -0.39 is 6.17 Å². The molecule has 23 heavy (non-hydrogen) atoms. The van der Waals surface area contributed by atoms with E-state index in [0.29, 0.717) is 25.4 Å². The number of alkyl halides is 1. The molecule has 0 aliphatic carbocycles. The van der Waals surface area contributed by atoms with Crippen LogP contribution in [-0.4, -0.2) is 39.0 Å². The molecule has 5 heteroatoms. The summed E-state index contributed by atoms with van der Waals surface area (Å²) in [6.07, 6.45) is -0.0834. The molecular formula is C18H26FN3O. The zero-order valence-electron chi connectivity index (χ0n) is 14.2. The van der Waals surface area contributed by atoms with Crippen molar-refractivity contribution in [1.29, 1.82) is 0 Å². The van der Waals surface area contributed by atoms with Crippen molar-refractivity contribution in [2.75, 3.05) is 13.1 Å². The minimum Gasteiger partial charge on any atom is -0.392 e.